The van der Waals surface area contributed by atoms with Crippen molar-refractivity contribution in [1.29, 1.82) is 0 Å². The van der Waals surface area contributed by atoms with E-state index in [-0.39, 0.29) is 0 Å². The average Bonchev–Trinajstić information content (AvgIpc) is 2.43. The monoisotopic (exact) mass is 191 g/mol. The van der Waals surface area contributed by atoms with Crippen LogP contribution in [0.15, 0.2) is 6.20 Å². The van der Waals surface area contributed by atoms with Gasteiger partial charge in [-0.05, 0) is 13.8 Å². The molecular formula is C9H13N5. The molecule has 0 aliphatic carbocycles. The molecule has 14 heavy (non-hydrogen) atoms. The summed E-state index contributed by atoms with van der Waals surface area (Å²) in [5.41, 5.74) is 8.58. The summed E-state index contributed by atoms with van der Waals surface area (Å²) in [6.45, 7) is 3.98. The lowest BCUT2D eigenvalue weighted by Crippen LogP contribution is -2.02. The first-order chi connectivity index (χ1) is 6.63. The molecule has 3 N–H and O–H groups in total. The molecule has 0 unspecified atom stereocenters. The van der Waals surface area contributed by atoms with Gasteiger partial charge in [0.15, 0.2) is 11.5 Å². The molecule has 0 fully saturated rings. The van der Waals surface area contributed by atoms with Crippen LogP contribution in [0.1, 0.15) is 11.4 Å². The summed E-state index contributed by atoms with van der Waals surface area (Å²) in [6.07, 6.45) is 1.78. The van der Waals surface area contributed by atoms with E-state index in [9.17, 15) is 0 Å². The van der Waals surface area contributed by atoms with Gasteiger partial charge in [-0.2, -0.15) is 0 Å². The van der Waals surface area contributed by atoms with Gasteiger partial charge in [0.25, 0.3) is 0 Å². The summed E-state index contributed by atoms with van der Waals surface area (Å²) in [5.74, 6) is 1.20. The number of hydrogen-bond donors (Lipinski definition) is 2. The maximum absolute atomic E-state index is 5.68. The SMILES string of the molecule is CNc1nc(N)cn2c(C)c(C)nc12. The molecule has 5 heteroatoms. The topological polar surface area (TPSA) is 68.2 Å². The highest BCUT2D eigenvalue weighted by atomic mass is 15.1. The molecule has 0 amide bonds. The highest BCUT2D eigenvalue weighted by Gasteiger charge is 2.09. The lowest BCUT2D eigenvalue weighted by Gasteiger charge is -2.03. The van der Waals surface area contributed by atoms with Crippen LogP contribution in [0.2, 0.25) is 0 Å². The lowest BCUT2D eigenvalue weighted by molar-refractivity contribution is 1.07. The molecular weight excluding hydrogens is 178 g/mol. The van der Waals surface area contributed by atoms with Crippen molar-refractivity contribution in [2.45, 2.75) is 13.8 Å². The molecule has 0 aliphatic rings. The summed E-state index contributed by atoms with van der Waals surface area (Å²) in [4.78, 5) is 8.56. The van der Waals surface area contributed by atoms with Crippen LogP contribution in [0.25, 0.3) is 5.65 Å². The number of nitrogens with two attached hydrogens (primary N) is 1. The van der Waals surface area contributed by atoms with E-state index in [1.54, 1.807) is 13.2 Å². The van der Waals surface area contributed by atoms with Crippen molar-refractivity contribution < 1.29 is 0 Å². The van der Waals surface area contributed by atoms with Crippen molar-refractivity contribution in [3.63, 3.8) is 0 Å². The minimum atomic E-state index is 0.488. The first-order valence-corrected chi connectivity index (χ1v) is 4.43. The molecule has 74 valence electrons. The number of nitrogens with zero attached hydrogens (tertiary/aromatic N) is 3. The summed E-state index contributed by atoms with van der Waals surface area (Å²) >= 11 is 0. The van der Waals surface area contributed by atoms with Crippen molar-refractivity contribution in [2.75, 3.05) is 18.1 Å². The van der Waals surface area contributed by atoms with E-state index in [4.69, 9.17) is 5.73 Å². The second-order valence-corrected chi connectivity index (χ2v) is 3.24. The zero-order chi connectivity index (χ0) is 10.3. The van der Waals surface area contributed by atoms with Crippen LogP contribution in [0.4, 0.5) is 11.6 Å². The van der Waals surface area contributed by atoms with E-state index in [2.05, 4.69) is 15.3 Å². The Morgan fingerprint density at radius 1 is 1.36 bits per heavy atom. The van der Waals surface area contributed by atoms with Gasteiger partial charge in [0.05, 0.1) is 11.9 Å². The standard InChI is InChI=1S/C9H13N5/c1-5-6(2)14-4-7(10)13-8(11-3)9(14)12-5/h4H,10H2,1-3H3,(H,11,13). The summed E-state index contributed by atoms with van der Waals surface area (Å²) in [7, 11) is 1.81. The molecule has 5 nitrogen and oxygen atoms in total. The highest BCUT2D eigenvalue weighted by molar-refractivity contribution is 5.66. The van der Waals surface area contributed by atoms with Crippen LogP contribution in [0, 0.1) is 13.8 Å². The first-order valence-electron chi connectivity index (χ1n) is 4.43. The number of nitrogens with one attached hydrogen (secondary N) is 1. The number of rotatable bonds is 1. The number of imidazole rings is 1. The smallest absolute Gasteiger partial charge is 0.180 e. The van der Waals surface area contributed by atoms with Crippen LogP contribution < -0.4 is 11.1 Å². The molecule has 0 radical (unpaired) electrons. The quantitative estimate of drug-likeness (QED) is 0.704. The number of anilines is 2. The third-order valence-electron chi connectivity index (χ3n) is 2.34. The molecule has 2 heterocycles. The van der Waals surface area contributed by atoms with Gasteiger partial charge in [0.1, 0.15) is 5.82 Å². The van der Waals surface area contributed by atoms with Crippen LogP contribution in [0.5, 0.6) is 0 Å². The Balaban J connectivity index is 2.87. The number of nitrogen functional groups attached to an aromatic ring is 1. The van der Waals surface area contributed by atoms with Gasteiger partial charge in [-0.15, -0.1) is 0 Å². The second-order valence-electron chi connectivity index (χ2n) is 3.24. The Kier molecular flexibility index (Phi) is 1.80. The van der Waals surface area contributed by atoms with E-state index < -0.39 is 0 Å². The van der Waals surface area contributed by atoms with Crippen molar-refractivity contribution in [2.24, 2.45) is 0 Å². The molecule has 2 aromatic rings. The Morgan fingerprint density at radius 3 is 2.71 bits per heavy atom. The Labute approximate surface area is 82.0 Å². The number of aromatic nitrogens is 3. The normalized spacial score (nSPS) is 10.8. The number of fused-ring (bicyclic) bond motifs is 1. The maximum Gasteiger partial charge on any atom is 0.180 e. The largest absolute Gasteiger partial charge is 0.382 e. The van der Waals surface area contributed by atoms with Crippen molar-refractivity contribution >= 4 is 17.3 Å². The minimum absolute atomic E-state index is 0.488. The van der Waals surface area contributed by atoms with Crippen molar-refractivity contribution in [1.82, 2.24) is 14.4 Å². The predicted octanol–water partition coefficient (Wildman–Crippen LogP) is 0.970. The zero-order valence-electron chi connectivity index (χ0n) is 8.50. The molecule has 0 saturated heterocycles. The minimum Gasteiger partial charge on any atom is -0.382 e. The molecule has 0 atom stereocenters. The van der Waals surface area contributed by atoms with Crippen LogP contribution >= 0.6 is 0 Å². The molecule has 0 bridgehead atoms. The van der Waals surface area contributed by atoms with Crippen LogP contribution in [-0.4, -0.2) is 21.4 Å². The van der Waals surface area contributed by atoms with E-state index in [1.807, 2.05) is 18.2 Å². The summed E-state index contributed by atoms with van der Waals surface area (Å²) in [6, 6.07) is 0. The van der Waals surface area contributed by atoms with Gasteiger partial charge in [-0.3, -0.25) is 4.40 Å². The summed E-state index contributed by atoms with van der Waals surface area (Å²) < 4.78 is 1.95. The summed E-state index contributed by atoms with van der Waals surface area (Å²) in [5, 5.41) is 2.98. The van der Waals surface area contributed by atoms with Gasteiger partial charge in [0.2, 0.25) is 0 Å². The molecule has 0 aliphatic heterocycles. The zero-order valence-corrected chi connectivity index (χ0v) is 8.50. The fraction of sp³-hybridized carbons (Fsp3) is 0.333. The van der Waals surface area contributed by atoms with Crippen molar-refractivity contribution in [3.8, 4) is 0 Å². The molecule has 0 spiro atoms. The first kappa shape index (κ1) is 8.80. The van der Waals surface area contributed by atoms with Gasteiger partial charge in [-0.1, -0.05) is 0 Å². The van der Waals surface area contributed by atoms with E-state index in [0.29, 0.717) is 11.6 Å². The molecule has 2 rings (SSSR count). The van der Waals surface area contributed by atoms with E-state index in [0.717, 1.165) is 17.0 Å². The van der Waals surface area contributed by atoms with E-state index in [1.165, 1.54) is 0 Å². The van der Waals surface area contributed by atoms with Gasteiger partial charge < -0.3 is 11.1 Å². The van der Waals surface area contributed by atoms with Crippen molar-refractivity contribution in [3.05, 3.63) is 17.6 Å². The Hall–Kier alpha value is -1.78. The molecule has 2 aromatic heterocycles. The lowest BCUT2D eigenvalue weighted by atomic mass is 10.4. The van der Waals surface area contributed by atoms with Crippen LogP contribution in [0.3, 0.4) is 0 Å². The second kappa shape index (κ2) is 2.87. The number of aryl methyl sites for hydroxylation is 2. The third-order valence-corrected chi connectivity index (χ3v) is 2.34. The number of hydrogen-bond acceptors (Lipinski definition) is 4. The molecule has 0 saturated carbocycles. The average molecular weight is 191 g/mol. The maximum atomic E-state index is 5.68. The highest BCUT2D eigenvalue weighted by Crippen LogP contribution is 2.18. The molecule has 0 aromatic carbocycles. The van der Waals surface area contributed by atoms with E-state index >= 15 is 0 Å². The van der Waals surface area contributed by atoms with Gasteiger partial charge in [0, 0.05) is 12.7 Å². The third kappa shape index (κ3) is 1.09. The Morgan fingerprint density at radius 2 is 2.07 bits per heavy atom. The van der Waals surface area contributed by atoms with Gasteiger partial charge in [-0.25, -0.2) is 9.97 Å². The fourth-order valence-corrected chi connectivity index (χ4v) is 1.46. The Bertz CT molecular complexity index is 485. The predicted molar refractivity (Wildman–Crippen MR) is 56.4 cm³/mol. The van der Waals surface area contributed by atoms with Gasteiger partial charge >= 0.3 is 0 Å². The fourth-order valence-electron chi connectivity index (χ4n) is 1.46. The van der Waals surface area contributed by atoms with Crippen LogP contribution in [-0.2, 0) is 0 Å².